The first-order chi connectivity index (χ1) is 16.3. The monoisotopic (exact) mass is 471 g/mol. The molecule has 34 heavy (non-hydrogen) atoms. The van der Waals surface area contributed by atoms with Crippen LogP contribution < -0.4 is 4.74 Å². The molecule has 0 saturated heterocycles. The van der Waals surface area contributed by atoms with Gasteiger partial charge in [0.2, 0.25) is 11.8 Å². The molecule has 0 spiro atoms. The molecule has 1 unspecified atom stereocenters. The summed E-state index contributed by atoms with van der Waals surface area (Å²) in [6.45, 7) is 10.2. The lowest BCUT2D eigenvalue weighted by molar-refractivity contribution is -0.144. The molecule has 1 aromatic heterocycles. The Bertz CT molecular complexity index is 909. The van der Waals surface area contributed by atoms with Gasteiger partial charge < -0.3 is 23.8 Å². The Morgan fingerprint density at radius 2 is 1.85 bits per heavy atom. The molecule has 2 aromatic rings. The average Bonchev–Trinajstić information content (AvgIpc) is 3.27. The van der Waals surface area contributed by atoms with E-state index in [1.54, 1.807) is 19.1 Å². The number of hydrogen-bond acceptors (Lipinski definition) is 4. The van der Waals surface area contributed by atoms with Gasteiger partial charge in [0.15, 0.2) is 0 Å². The zero-order valence-electron chi connectivity index (χ0n) is 21.6. The van der Waals surface area contributed by atoms with Crippen LogP contribution in [0, 0.1) is 5.92 Å². The third-order valence-corrected chi connectivity index (χ3v) is 6.09. The molecule has 0 fully saturated rings. The number of benzene rings is 1. The third kappa shape index (κ3) is 7.90. The van der Waals surface area contributed by atoms with Crippen LogP contribution >= 0.6 is 0 Å². The Hall–Kier alpha value is -2.80. The number of rotatable bonds is 14. The van der Waals surface area contributed by atoms with Crippen molar-refractivity contribution in [3.05, 3.63) is 53.9 Å². The second-order valence-corrected chi connectivity index (χ2v) is 9.02. The Balaban J connectivity index is 2.18. The number of hydrogen-bond donors (Lipinski definition) is 0. The van der Waals surface area contributed by atoms with Crippen LogP contribution in [0.2, 0.25) is 0 Å². The molecule has 188 valence electrons. The molecular weight excluding hydrogens is 430 g/mol. The van der Waals surface area contributed by atoms with Crippen molar-refractivity contribution >= 4 is 11.8 Å². The summed E-state index contributed by atoms with van der Waals surface area (Å²) in [5.41, 5.74) is 2.18. The molecule has 0 aliphatic carbocycles. The maximum Gasteiger partial charge on any atom is 0.242 e. The van der Waals surface area contributed by atoms with Gasteiger partial charge in [0.1, 0.15) is 5.75 Å². The molecule has 1 atom stereocenters. The number of amides is 2. The van der Waals surface area contributed by atoms with E-state index in [1.807, 2.05) is 49.2 Å². The van der Waals surface area contributed by atoms with Gasteiger partial charge in [0.25, 0.3) is 0 Å². The fourth-order valence-corrected chi connectivity index (χ4v) is 3.89. The van der Waals surface area contributed by atoms with Crippen LogP contribution in [0.3, 0.4) is 0 Å². The van der Waals surface area contributed by atoms with Crippen molar-refractivity contribution in [2.24, 2.45) is 5.92 Å². The summed E-state index contributed by atoms with van der Waals surface area (Å²) in [6, 6.07) is 12.1. The first-order valence-corrected chi connectivity index (χ1v) is 12.1. The molecule has 2 amide bonds. The number of ether oxygens (including phenoxy) is 2. The number of methoxy groups -OCH3 is 2. The fourth-order valence-electron chi connectivity index (χ4n) is 3.89. The zero-order chi connectivity index (χ0) is 25.1. The van der Waals surface area contributed by atoms with Gasteiger partial charge in [-0.1, -0.05) is 32.9 Å². The predicted octanol–water partition coefficient (Wildman–Crippen LogP) is 4.19. The van der Waals surface area contributed by atoms with Crippen molar-refractivity contribution in [3.8, 4) is 5.75 Å². The van der Waals surface area contributed by atoms with Gasteiger partial charge in [-0.25, -0.2) is 0 Å². The molecule has 1 heterocycles. The Labute approximate surface area is 204 Å². The molecule has 0 bridgehead atoms. The van der Waals surface area contributed by atoms with E-state index >= 15 is 0 Å². The summed E-state index contributed by atoms with van der Waals surface area (Å²) < 4.78 is 12.7. The molecular formula is C27H41N3O4. The fraction of sp³-hybridized carbons (Fsp3) is 0.556. The molecule has 0 saturated carbocycles. The van der Waals surface area contributed by atoms with Gasteiger partial charge in [-0.3, -0.25) is 9.59 Å². The zero-order valence-corrected chi connectivity index (χ0v) is 21.6. The minimum absolute atomic E-state index is 0.00467. The van der Waals surface area contributed by atoms with Gasteiger partial charge in [0, 0.05) is 50.7 Å². The molecule has 0 aliphatic heterocycles. The summed E-state index contributed by atoms with van der Waals surface area (Å²) in [7, 11) is 3.31. The summed E-state index contributed by atoms with van der Waals surface area (Å²) in [5.74, 6) is 0.628. The lowest BCUT2D eigenvalue weighted by atomic mass is 10.1. The SMILES string of the molecule is CCC(C)N(Cc1cccn1Cc1cccc(OC)c1)C(=O)CN(CCCOC)C(=O)C(C)C. The highest BCUT2D eigenvalue weighted by Gasteiger charge is 2.26. The predicted molar refractivity (Wildman–Crippen MR) is 135 cm³/mol. The average molecular weight is 472 g/mol. The maximum atomic E-state index is 13.5. The smallest absolute Gasteiger partial charge is 0.242 e. The maximum absolute atomic E-state index is 13.5. The van der Waals surface area contributed by atoms with Gasteiger partial charge in [-0.2, -0.15) is 0 Å². The summed E-state index contributed by atoms with van der Waals surface area (Å²) >= 11 is 0. The van der Waals surface area contributed by atoms with E-state index < -0.39 is 0 Å². The van der Waals surface area contributed by atoms with Crippen molar-refractivity contribution < 1.29 is 19.1 Å². The standard InChI is InChI=1S/C27H41N3O4/c1-7-22(4)30(26(31)20-29(15-10-16-33-5)27(32)21(2)3)19-24-12-9-14-28(24)18-23-11-8-13-25(17-23)34-6/h8-9,11-14,17,21-22H,7,10,15-16,18-20H2,1-6H3. The van der Waals surface area contributed by atoms with E-state index in [0.717, 1.165) is 23.4 Å². The quantitative estimate of drug-likeness (QED) is 0.388. The lowest BCUT2D eigenvalue weighted by Crippen LogP contribution is -2.47. The van der Waals surface area contributed by atoms with Crippen LogP contribution in [-0.4, -0.2) is 66.1 Å². The molecule has 0 aliphatic rings. The molecule has 7 nitrogen and oxygen atoms in total. The number of aromatic nitrogens is 1. The van der Waals surface area contributed by atoms with Crippen LogP contribution in [0.1, 0.15) is 51.8 Å². The second-order valence-electron chi connectivity index (χ2n) is 9.02. The summed E-state index contributed by atoms with van der Waals surface area (Å²) in [5, 5.41) is 0. The van der Waals surface area contributed by atoms with Gasteiger partial charge in [-0.05, 0) is 49.6 Å². The molecule has 1 aromatic carbocycles. The minimum atomic E-state index is -0.160. The number of nitrogens with zero attached hydrogens (tertiary/aromatic N) is 3. The van der Waals surface area contributed by atoms with Crippen molar-refractivity contribution in [1.29, 1.82) is 0 Å². The molecule has 0 N–H and O–H groups in total. The van der Waals surface area contributed by atoms with Gasteiger partial charge in [-0.15, -0.1) is 0 Å². The van der Waals surface area contributed by atoms with Crippen LogP contribution in [0.25, 0.3) is 0 Å². The van der Waals surface area contributed by atoms with E-state index in [9.17, 15) is 9.59 Å². The topological polar surface area (TPSA) is 64.0 Å². The van der Waals surface area contributed by atoms with Crippen molar-refractivity contribution in [2.45, 2.75) is 59.7 Å². The lowest BCUT2D eigenvalue weighted by Gasteiger charge is -2.32. The van der Waals surface area contributed by atoms with Crippen molar-refractivity contribution in [1.82, 2.24) is 14.4 Å². The highest BCUT2D eigenvalue weighted by atomic mass is 16.5. The number of carbonyl (C=O) groups excluding carboxylic acids is 2. The van der Waals surface area contributed by atoms with Crippen LogP contribution in [-0.2, 0) is 27.4 Å². The normalized spacial score (nSPS) is 12.0. The van der Waals surface area contributed by atoms with E-state index in [-0.39, 0.29) is 30.3 Å². The van der Waals surface area contributed by atoms with Gasteiger partial charge >= 0.3 is 0 Å². The van der Waals surface area contributed by atoms with Crippen molar-refractivity contribution in [3.63, 3.8) is 0 Å². The second kappa shape index (κ2) is 13.8. The van der Waals surface area contributed by atoms with E-state index in [2.05, 4.69) is 30.5 Å². The summed E-state index contributed by atoms with van der Waals surface area (Å²) in [4.78, 5) is 29.8. The van der Waals surface area contributed by atoms with E-state index in [4.69, 9.17) is 9.47 Å². The van der Waals surface area contributed by atoms with Crippen molar-refractivity contribution in [2.75, 3.05) is 33.9 Å². The first-order valence-electron chi connectivity index (χ1n) is 12.1. The highest BCUT2D eigenvalue weighted by molar-refractivity contribution is 5.85. The number of carbonyl (C=O) groups is 2. The first kappa shape index (κ1) is 27.4. The van der Waals surface area contributed by atoms with Crippen LogP contribution in [0.15, 0.2) is 42.6 Å². The Kier molecular flexibility index (Phi) is 11.1. The third-order valence-electron chi connectivity index (χ3n) is 6.09. The largest absolute Gasteiger partial charge is 0.497 e. The Morgan fingerprint density at radius 3 is 2.50 bits per heavy atom. The van der Waals surface area contributed by atoms with Crippen LogP contribution in [0.5, 0.6) is 5.75 Å². The molecule has 7 heteroatoms. The Morgan fingerprint density at radius 1 is 1.09 bits per heavy atom. The van der Waals surface area contributed by atoms with Crippen LogP contribution in [0.4, 0.5) is 0 Å². The summed E-state index contributed by atoms with van der Waals surface area (Å²) in [6.07, 6.45) is 3.58. The minimum Gasteiger partial charge on any atom is -0.497 e. The van der Waals surface area contributed by atoms with E-state index in [1.165, 1.54) is 0 Å². The molecule has 2 rings (SSSR count). The molecule has 0 radical (unpaired) electrons. The van der Waals surface area contributed by atoms with E-state index in [0.29, 0.717) is 32.7 Å². The highest BCUT2D eigenvalue weighted by Crippen LogP contribution is 2.18. The van der Waals surface area contributed by atoms with Gasteiger partial charge in [0.05, 0.1) is 20.2 Å².